The number of hydrogen-bond donors (Lipinski definition) is 0. The van der Waals surface area contributed by atoms with E-state index in [0.29, 0.717) is 49.4 Å². The van der Waals surface area contributed by atoms with Gasteiger partial charge in [0, 0.05) is 46.1 Å². The summed E-state index contributed by atoms with van der Waals surface area (Å²) in [6.07, 6.45) is 4.66. The van der Waals surface area contributed by atoms with Crippen molar-refractivity contribution in [3.63, 3.8) is 0 Å². The molecule has 1 aliphatic heterocycles. The zero-order chi connectivity index (χ0) is 24.1. The average molecular weight is 483 g/mol. The highest BCUT2D eigenvalue weighted by Crippen LogP contribution is 2.25. The van der Waals surface area contributed by atoms with Gasteiger partial charge < -0.3 is 9.47 Å². The van der Waals surface area contributed by atoms with Crippen LogP contribution in [0.3, 0.4) is 0 Å². The second-order valence-electron chi connectivity index (χ2n) is 9.00. The largest absolute Gasteiger partial charge is 0.338 e. The molecule has 0 bridgehead atoms. The fourth-order valence-electron chi connectivity index (χ4n) is 4.61. The molecule has 7 nitrogen and oxygen atoms in total. The molecule has 1 aromatic heterocycles. The predicted molar refractivity (Wildman–Crippen MR) is 134 cm³/mol. The number of aryl methyl sites for hydroxylation is 2. The lowest BCUT2D eigenvalue weighted by molar-refractivity contribution is -0.131. The first-order chi connectivity index (χ1) is 16.4. The number of aromatic nitrogens is 2. The number of sulfonamides is 1. The van der Waals surface area contributed by atoms with E-state index in [4.69, 9.17) is 4.98 Å². The second-order valence-corrected chi connectivity index (χ2v) is 10.9. The van der Waals surface area contributed by atoms with Crippen LogP contribution in [0, 0.1) is 0 Å². The lowest BCUT2D eigenvalue weighted by atomic mass is 10.2. The average Bonchev–Trinajstić information content (AvgIpc) is 3.18. The molecule has 2 aromatic carbocycles. The Balaban J connectivity index is 1.48. The number of fused-ring (bicyclic) bond motifs is 1. The molecule has 0 unspecified atom stereocenters. The van der Waals surface area contributed by atoms with Crippen LogP contribution in [0.1, 0.15) is 50.4 Å². The van der Waals surface area contributed by atoms with Crippen molar-refractivity contribution in [1.82, 2.24) is 18.8 Å². The molecule has 8 heteroatoms. The Morgan fingerprint density at radius 3 is 2.50 bits per heavy atom. The summed E-state index contributed by atoms with van der Waals surface area (Å²) in [6, 6.07) is 15.2. The molecule has 0 radical (unpaired) electrons. The Bertz CT molecular complexity index is 1230. The van der Waals surface area contributed by atoms with Gasteiger partial charge in [-0.3, -0.25) is 4.79 Å². The second kappa shape index (κ2) is 10.7. The molecule has 0 spiro atoms. The maximum absolute atomic E-state index is 13.1. The number of amides is 1. The number of hydrogen-bond acceptors (Lipinski definition) is 4. The molecular formula is C26H34N4O3S. The minimum Gasteiger partial charge on any atom is -0.338 e. The molecule has 1 amide bonds. The van der Waals surface area contributed by atoms with Gasteiger partial charge in [-0.05, 0) is 43.0 Å². The van der Waals surface area contributed by atoms with Crippen LogP contribution in [0.5, 0.6) is 0 Å². The van der Waals surface area contributed by atoms with Crippen LogP contribution in [0.4, 0.5) is 0 Å². The smallest absolute Gasteiger partial charge is 0.243 e. The molecule has 1 saturated heterocycles. The molecule has 182 valence electrons. The molecule has 1 fully saturated rings. The molecule has 0 N–H and O–H groups in total. The Hall–Kier alpha value is -2.71. The maximum Gasteiger partial charge on any atom is 0.243 e. The van der Waals surface area contributed by atoms with E-state index in [1.165, 1.54) is 0 Å². The van der Waals surface area contributed by atoms with Crippen molar-refractivity contribution in [2.24, 2.45) is 7.05 Å². The summed E-state index contributed by atoms with van der Waals surface area (Å²) in [5.74, 6) is 0.887. The summed E-state index contributed by atoms with van der Waals surface area (Å²) in [5.41, 5.74) is 2.64. The van der Waals surface area contributed by atoms with Crippen molar-refractivity contribution >= 4 is 27.0 Å². The predicted octanol–water partition coefficient (Wildman–Crippen LogP) is 4.12. The standard InChI is InChI=1S/C26H34N4O3S/c1-3-16-29(20-21-10-6-4-7-11-21)26(31)15-14-25-27-23-19-22(12-13-24(23)28(25)2)34(32,33)30-17-8-5-9-18-30/h4,6-7,10-13,19H,3,5,8-9,14-18,20H2,1-2H3. The minimum atomic E-state index is -3.51. The van der Waals surface area contributed by atoms with Crippen molar-refractivity contribution in [2.45, 2.75) is 56.9 Å². The Morgan fingerprint density at radius 2 is 1.79 bits per heavy atom. The van der Waals surface area contributed by atoms with Gasteiger partial charge in [0.25, 0.3) is 0 Å². The number of imidazole rings is 1. The lowest BCUT2D eigenvalue weighted by Gasteiger charge is -2.25. The normalized spacial score (nSPS) is 15.0. The Kier molecular flexibility index (Phi) is 7.68. The lowest BCUT2D eigenvalue weighted by Crippen LogP contribution is -2.35. The van der Waals surface area contributed by atoms with Crippen LogP contribution >= 0.6 is 0 Å². The molecule has 2 heterocycles. The topological polar surface area (TPSA) is 75.5 Å². The van der Waals surface area contributed by atoms with E-state index in [1.54, 1.807) is 16.4 Å². The summed E-state index contributed by atoms with van der Waals surface area (Å²) >= 11 is 0. The number of piperidine rings is 1. The van der Waals surface area contributed by atoms with Gasteiger partial charge in [0.1, 0.15) is 5.82 Å². The Morgan fingerprint density at radius 1 is 1.06 bits per heavy atom. The van der Waals surface area contributed by atoms with Crippen molar-refractivity contribution in [2.75, 3.05) is 19.6 Å². The van der Waals surface area contributed by atoms with Crippen LogP contribution in [0.15, 0.2) is 53.4 Å². The van der Waals surface area contributed by atoms with Crippen molar-refractivity contribution in [1.29, 1.82) is 0 Å². The molecule has 0 saturated carbocycles. The fourth-order valence-corrected chi connectivity index (χ4v) is 6.15. The van der Waals surface area contributed by atoms with Gasteiger partial charge in [0.2, 0.25) is 15.9 Å². The minimum absolute atomic E-state index is 0.103. The fraction of sp³-hybridized carbons (Fsp3) is 0.462. The van der Waals surface area contributed by atoms with Crippen LogP contribution in [0.25, 0.3) is 11.0 Å². The van der Waals surface area contributed by atoms with Crippen LogP contribution in [-0.2, 0) is 34.8 Å². The van der Waals surface area contributed by atoms with E-state index in [9.17, 15) is 13.2 Å². The highest BCUT2D eigenvalue weighted by molar-refractivity contribution is 7.89. The first-order valence-electron chi connectivity index (χ1n) is 12.2. The van der Waals surface area contributed by atoms with Gasteiger partial charge in [0.15, 0.2) is 0 Å². The molecular weight excluding hydrogens is 448 g/mol. The molecule has 1 aliphatic rings. The highest BCUT2D eigenvalue weighted by Gasteiger charge is 2.26. The maximum atomic E-state index is 13.1. The number of carbonyl (C=O) groups is 1. The van der Waals surface area contributed by atoms with Gasteiger partial charge in [-0.15, -0.1) is 0 Å². The Labute approximate surface area is 202 Å². The van der Waals surface area contributed by atoms with E-state index < -0.39 is 10.0 Å². The van der Waals surface area contributed by atoms with E-state index in [-0.39, 0.29) is 5.91 Å². The third kappa shape index (κ3) is 5.33. The van der Waals surface area contributed by atoms with E-state index in [2.05, 4.69) is 6.92 Å². The highest BCUT2D eigenvalue weighted by atomic mass is 32.2. The summed E-state index contributed by atoms with van der Waals surface area (Å²) in [5, 5.41) is 0. The van der Waals surface area contributed by atoms with E-state index in [0.717, 1.165) is 42.6 Å². The number of rotatable bonds is 9. The zero-order valence-electron chi connectivity index (χ0n) is 20.1. The summed E-state index contributed by atoms with van der Waals surface area (Å²) in [6.45, 7) is 4.55. The van der Waals surface area contributed by atoms with Crippen LogP contribution < -0.4 is 0 Å². The van der Waals surface area contributed by atoms with Crippen molar-refractivity contribution < 1.29 is 13.2 Å². The van der Waals surface area contributed by atoms with Gasteiger partial charge >= 0.3 is 0 Å². The third-order valence-electron chi connectivity index (χ3n) is 6.52. The molecule has 34 heavy (non-hydrogen) atoms. The van der Waals surface area contributed by atoms with Crippen LogP contribution in [-0.4, -0.2) is 52.7 Å². The molecule has 3 aromatic rings. The zero-order valence-corrected chi connectivity index (χ0v) is 20.9. The van der Waals surface area contributed by atoms with Gasteiger partial charge in [-0.2, -0.15) is 4.31 Å². The summed E-state index contributed by atoms with van der Waals surface area (Å²) in [7, 11) is -1.59. The number of benzene rings is 2. The summed E-state index contributed by atoms with van der Waals surface area (Å²) < 4.78 is 29.7. The van der Waals surface area contributed by atoms with E-state index in [1.807, 2.05) is 52.9 Å². The number of carbonyl (C=O) groups excluding carboxylic acids is 1. The number of nitrogens with zero attached hydrogens (tertiary/aromatic N) is 4. The quantitative estimate of drug-likeness (QED) is 0.460. The van der Waals surface area contributed by atoms with Gasteiger partial charge in [0.05, 0.1) is 15.9 Å². The van der Waals surface area contributed by atoms with E-state index >= 15 is 0 Å². The monoisotopic (exact) mass is 482 g/mol. The molecule has 0 atom stereocenters. The molecule has 0 aliphatic carbocycles. The van der Waals surface area contributed by atoms with Gasteiger partial charge in [-0.1, -0.05) is 43.7 Å². The SMILES string of the molecule is CCCN(Cc1ccccc1)C(=O)CCc1nc2cc(S(=O)(=O)N3CCCCC3)ccc2n1C. The van der Waals surface area contributed by atoms with Crippen molar-refractivity contribution in [3.05, 3.63) is 59.9 Å². The first kappa shape index (κ1) is 24.4. The third-order valence-corrected chi connectivity index (χ3v) is 8.42. The van der Waals surface area contributed by atoms with Gasteiger partial charge in [-0.25, -0.2) is 13.4 Å². The first-order valence-corrected chi connectivity index (χ1v) is 13.6. The van der Waals surface area contributed by atoms with Crippen LogP contribution in [0.2, 0.25) is 0 Å². The van der Waals surface area contributed by atoms with Crippen molar-refractivity contribution in [3.8, 4) is 0 Å². The summed E-state index contributed by atoms with van der Waals surface area (Å²) in [4.78, 5) is 19.9. The molecule has 4 rings (SSSR count).